The second-order valence-corrected chi connectivity index (χ2v) is 9.75. The van der Waals surface area contributed by atoms with Gasteiger partial charge in [-0.3, -0.25) is 9.69 Å². The van der Waals surface area contributed by atoms with Gasteiger partial charge < -0.3 is 14.0 Å². The molecule has 0 radical (unpaired) electrons. The first-order valence-electron chi connectivity index (χ1n) is 11.3. The molecular weight excluding hydrogens is 476 g/mol. The normalized spacial score (nSPS) is 14.8. The van der Waals surface area contributed by atoms with Crippen molar-refractivity contribution >= 4 is 51.2 Å². The number of thioether (sulfide) groups is 1. The number of nitrogens with zero attached hydrogens (tertiary/aromatic N) is 2. The van der Waals surface area contributed by atoms with Crippen LogP contribution >= 0.6 is 24.0 Å². The van der Waals surface area contributed by atoms with Gasteiger partial charge in [0.25, 0.3) is 5.91 Å². The number of carbonyl (C=O) groups excluding carboxylic acids is 1. The molecule has 0 bridgehead atoms. The van der Waals surface area contributed by atoms with Crippen LogP contribution in [0.5, 0.6) is 11.5 Å². The smallest absolute Gasteiger partial charge is 0.266 e. The maximum Gasteiger partial charge on any atom is 0.266 e. The van der Waals surface area contributed by atoms with Crippen LogP contribution in [-0.2, 0) is 17.9 Å². The molecule has 35 heavy (non-hydrogen) atoms. The molecule has 2 heterocycles. The Morgan fingerprint density at radius 1 is 0.943 bits per heavy atom. The molecule has 5 rings (SSSR count). The molecule has 3 aromatic carbocycles. The largest absolute Gasteiger partial charge is 0.497 e. The third kappa shape index (κ3) is 5.11. The molecule has 0 saturated carbocycles. The number of methoxy groups -OCH3 is 1. The molecular formula is C28H24N2O3S2. The standard InChI is InChI=1S/C28H24N2O3S2/c1-32-22-11-13-23(14-12-22)33-16-15-29-19-21(24-9-5-6-10-25(24)29)17-26-27(31)30(28(34)35-26)18-20-7-3-2-4-8-20/h2-14,17,19H,15-16,18H2,1H3/b26-17-. The van der Waals surface area contributed by atoms with E-state index in [0.29, 0.717) is 28.9 Å². The maximum atomic E-state index is 13.2. The van der Waals surface area contributed by atoms with Crippen molar-refractivity contribution in [3.63, 3.8) is 0 Å². The Morgan fingerprint density at radius 2 is 1.66 bits per heavy atom. The van der Waals surface area contributed by atoms with Crippen LogP contribution in [0, 0.1) is 0 Å². The lowest BCUT2D eigenvalue weighted by molar-refractivity contribution is -0.122. The molecule has 0 N–H and O–H groups in total. The molecule has 1 aromatic heterocycles. The molecule has 5 nitrogen and oxygen atoms in total. The van der Waals surface area contributed by atoms with Crippen molar-refractivity contribution in [1.82, 2.24) is 9.47 Å². The van der Waals surface area contributed by atoms with Gasteiger partial charge in [0, 0.05) is 22.7 Å². The van der Waals surface area contributed by atoms with E-state index in [1.165, 1.54) is 11.8 Å². The first kappa shape index (κ1) is 23.2. The average Bonchev–Trinajstić information content (AvgIpc) is 3.37. The zero-order chi connectivity index (χ0) is 24.2. The topological polar surface area (TPSA) is 43.7 Å². The number of amides is 1. The highest BCUT2D eigenvalue weighted by Crippen LogP contribution is 2.35. The molecule has 1 saturated heterocycles. The van der Waals surface area contributed by atoms with E-state index in [9.17, 15) is 4.79 Å². The van der Waals surface area contributed by atoms with Crippen LogP contribution in [0.3, 0.4) is 0 Å². The van der Waals surface area contributed by atoms with Gasteiger partial charge in [0.05, 0.1) is 25.1 Å². The Bertz CT molecular complexity index is 1400. The van der Waals surface area contributed by atoms with Crippen LogP contribution in [0.4, 0.5) is 0 Å². The number of thiocarbonyl (C=S) groups is 1. The second-order valence-electron chi connectivity index (χ2n) is 8.07. The average molecular weight is 501 g/mol. The summed E-state index contributed by atoms with van der Waals surface area (Å²) in [5, 5.41) is 1.09. The van der Waals surface area contributed by atoms with Gasteiger partial charge in [0.15, 0.2) is 0 Å². The zero-order valence-corrected chi connectivity index (χ0v) is 20.9. The molecule has 1 amide bonds. The highest BCUT2D eigenvalue weighted by Gasteiger charge is 2.32. The molecule has 0 spiro atoms. The molecule has 4 aromatic rings. The number of benzene rings is 3. The molecule has 0 atom stereocenters. The van der Waals surface area contributed by atoms with Crippen LogP contribution in [0.2, 0.25) is 0 Å². The number of aromatic nitrogens is 1. The van der Waals surface area contributed by atoms with Gasteiger partial charge in [0.1, 0.15) is 22.4 Å². The first-order chi connectivity index (χ1) is 17.1. The van der Waals surface area contributed by atoms with E-state index in [-0.39, 0.29) is 5.91 Å². The van der Waals surface area contributed by atoms with E-state index >= 15 is 0 Å². The second kappa shape index (κ2) is 10.4. The Balaban J connectivity index is 1.34. The fourth-order valence-corrected chi connectivity index (χ4v) is 5.30. The number of fused-ring (bicyclic) bond motifs is 1. The number of carbonyl (C=O) groups is 1. The predicted molar refractivity (Wildman–Crippen MR) is 146 cm³/mol. The van der Waals surface area contributed by atoms with Crippen LogP contribution in [0.25, 0.3) is 17.0 Å². The number of hydrogen-bond acceptors (Lipinski definition) is 5. The Morgan fingerprint density at radius 3 is 2.43 bits per heavy atom. The number of rotatable bonds is 8. The minimum atomic E-state index is -0.0523. The van der Waals surface area contributed by atoms with Crippen molar-refractivity contribution in [2.75, 3.05) is 13.7 Å². The number of para-hydroxylation sites is 1. The monoisotopic (exact) mass is 500 g/mol. The summed E-state index contributed by atoms with van der Waals surface area (Å²) in [6.07, 6.45) is 4.03. The van der Waals surface area contributed by atoms with Crippen molar-refractivity contribution in [3.8, 4) is 11.5 Å². The van der Waals surface area contributed by atoms with Crippen molar-refractivity contribution in [3.05, 3.63) is 101 Å². The van der Waals surface area contributed by atoms with Crippen LogP contribution in [0.15, 0.2) is 90.0 Å². The molecule has 0 aliphatic carbocycles. The van der Waals surface area contributed by atoms with Gasteiger partial charge >= 0.3 is 0 Å². The summed E-state index contributed by atoms with van der Waals surface area (Å²) in [4.78, 5) is 15.5. The summed E-state index contributed by atoms with van der Waals surface area (Å²) >= 11 is 6.88. The summed E-state index contributed by atoms with van der Waals surface area (Å²) in [5.41, 5.74) is 3.14. The van der Waals surface area contributed by atoms with Gasteiger partial charge in [-0.25, -0.2) is 0 Å². The van der Waals surface area contributed by atoms with Gasteiger partial charge in [-0.15, -0.1) is 0 Å². The van der Waals surface area contributed by atoms with Crippen molar-refractivity contribution in [1.29, 1.82) is 0 Å². The van der Waals surface area contributed by atoms with Gasteiger partial charge in [-0.05, 0) is 42.0 Å². The molecule has 1 aliphatic heterocycles. The fraction of sp³-hybridized carbons (Fsp3) is 0.143. The third-order valence-electron chi connectivity index (χ3n) is 5.82. The summed E-state index contributed by atoms with van der Waals surface area (Å²) in [6, 6.07) is 25.7. The molecule has 176 valence electrons. The molecule has 0 unspecified atom stereocenters. The quantitative estimate of drug-likeness (QED) is 0.215. The van der Waals surface area contributed by atoms with Crippen LogP contribution in [-0.4, -0.2) is 33.4 Å². The summed E-state index contributed by atoms with van der Waals surface area (Å²) in [5.74, 6) is 1.54. The first-order valence-corrected chi connectivity index (χ1v) is 12.5. The van der Waals surface area contributed by atoms with Crippen LogP contribution in [0.1, 0.15) is 11.1 Å². The summed E-state index contributed by atoms with van der Waals surface area (Å²) in [7, 11) is 1.64. The number of hydrogen-bond donors (Lipinski definition) is 0. The van der Waals surface area contributed by atoms with E-state index in [4.69, 9.17) is 21.7 Å². The van der Waals surface area contributed by atoms with Gasteiger partial charge in [0.2, 0.25) is 0 Å². The summed E-state index contributed by atoms with van der Waals surface area (Å²) in [6.45, 7) is 1.67. The minimum Gasteiger partial charge on any atom is -0.497 e. The number of ether oxygens (including phenoxy) is 2. The Kier molecular flexibility index (Phi) is 6.88. The fourth-order valence-electron chi connectivity index (χ4n) is 4.05. The highest BCUT2D eigenvalue weighted by atomic mass is 32.2. The van der Waals surface area contributed by atoms with Crippen molar-refractivity contribution < 1.29 is 14.3 Å². The molecule has 7 heteroatoms. The SMILES string of the molecule is COc1ccc(OCCn2cc(/C=C3\SC(=S)N(Cc4ccccc4)C3=O)c3ccccc32)cc1. The minimum absolute atomic E-state index is 0.0523. The van der Waals surface area contributed by atoms with E-state index in [0.717, 1.165) is 33.5 Å². The summed E-state index contributed by atoms with van der Waals surface area (Å²) < 4.78 is 13.9. The van der Waals surface area contributed by atoms with Crippen LogP contribution < -0.4 is 9.47 Å². The highest BCUT2D eigenvalue weighted by molar-refractivity contribution is 8.26. The van der Waals surface area contributed by atoms with Gasteiger partial charge in [-0.1, -0.05) is 72.5 Å². The lowest BCUT2D eigenvalue weighted by Gasteiger charge is -2.14. The maximum absolute atomic E-state index is 13.2. The van der Waals surface area contributed by atoms with Crippen molar-refractivity contribution in [2.45, 2.75) is 13.1 Å². The van der Waals surface area contributed by atoms with Crippen molar-refractivity contribution in [2.24, 2.45) is 0 Å². The molecule has 1 aliphatic rings. The molecule has 1 fully saturated rings. The lowest BCUT2D eigenvalue weighted by atomic mass is 10.1. The van der Waals surface area contributed by atoms with E-state index in [1.807, 2.05) is 72.8 Å². The predicted octanol–water partition coefficient (Wildman–Crippen LogP) is 6.13. The lowest BCUT2D eigenvalue weighted by Crippen LogP contribution is -2.27. The van der Waals surface area contributed by atoms with Gasteiger partial charge in [-0.2, -0.15) is 0 Å². The third-order valence-corrected chi connectivity index (χ3v) is 7.20. The Hall–Kier alpha value is -3.55. The zero-order valence-electron chi connectivity index (χ0n) is 19.2. The van der Waals surface area contributed by atoms with E-state index < -0.39 is 0 Å². The Labute approximate surface area is 214 Å². The van der Waals surface area contributed by atoms with E-state index in [1.54, 1.807) is 12.0 Å². The van der Waals surface area contributed by atoms with E-state index in [2.05, 4.69) is 22.9 Å².